The number of aryl methyl sites for hydroxylation is 1. The highest BCUT2D eigenvalue weighted by molar-refractivity contribution is 9.09. The zero-order valence-corrected chi connectivity index (χ0v) is 17.4. The standard InChI is InChI=1S/C18H23BrO6S/c1-12-4-6-15(7-5-12)26(22,23)11-14-9-18(16(20)24-2,17(21)25-3)8-13(14)10-19/h4-7,13-14H,8-11H2,1-3H3. The summed E-state index contributed by atoms with van der Waals surface area (Å²) in [5.74, 6) is -2.01. The van der Waals surface area contributed by atoms with Gasteiger partial charge in [0.25, 0.3) is 0 Å². The Labute approximate surface area is 162 Å². The molecule has 8 heteroatoms. The van der Waals surface area contributed by atoms with E-state index in [2.05, 4.69) is 15.9 Å². The van der Waals surface area contributed by atoms with Crippen LogP contribution < -0.4 is 0 Å². The summed E-state index contributed by atoms with van der Waals surface area (Å²) in [5, 5.41) is 0.483. The van der Waals surface area contributed by atoms with Crippen LogP contribution >= 0.6 is 15.9 Å². The van der Waals surface area contributed by atoms with E-state index >= 15 is 0 Å². The number of carbonyl (C=O) groups is 2. The maximum atomic E-state index is 12.8. The van der Waals surface area contributed by atoms with E-state index in [1.165, 1.54) is 14.2 Å². The number of halogens is 1. The molecule has 1 aliphatic rings. The van der Waals surface area contributed by atoms with Crippen LogP contribution in [0.1, 0.15) is 18.4 Å². The molecule has 1 aromatic carbocycles. The van der Waals surface area contributed by atoms with E-state index in [9.17, 15) is 18.0 Å². The Hall–Kier alpha value is -1.41. The van der Waals surface area contributed by atoms with Crippen LogP contribution in [0.15, 0.2) is 29.2 Å². The van der Waals surface area contributed by atoms with Gasteiger partial charge in [0.15, 0.2) is 15.3 Å². The molecule has 0 amide bonds. The molecule has 0 aromatic heterocycles. The van der Waals surface area contributed by atoms with E-state index in [1.54, 1.807) is 24.3 Å². The molecule has 2 rings (SSSR count). The predicted molar refractivity (Wildman–Crippen MR) is 99.7 cm³/mol. The number of hydrogen-bond acceptors (Lipinski definition) is 6. The van der Waals surface area contributed by atoms with Gasteiger partial charge in [-0.25, -0.2) is 8.42 Å². The van der Waals surface area contributed by atoms with Gasteiger partial charge >= 0.3 is 11.9 Å². The fourth-order valence-corrected chi connectivity index (χ4v) is 6.07. The van der Waals surface area contributed by atoms with Crippen LogP contribution in [0, 0.1) is 24.2 Å². The van der Waals surface area contributed by atoms with Gasteiger partial charge in [-0.1, -0.05) is 33.6 Å². The molecular formula is C18H23BrO6S. The van der Waals surface area contributed by atoms with Crippen LogP contribution in [0.4, 0.5) is 0 Å². The Morgan fingerprint density at radius 3 is 2.04 bits per heavy atom. The van der Waals surface area contributed by atoms with Gasteiger partial charge in [-0.05, 0) is 43.7 Å². The normalized spacial score (nSPS) is 22.0. The number of hydrogen-bond donors (Lipinski definition) is 0. The molecule has 0 heterocycles. The second kappa shape index (κ2) is 8.08. The first kappa shape index (κ1) is 20.9. The first-order valence-electron chi connectivity index (χ1n) is 8.22. The molecule has 2 atom stereocenters. The quantitative estimate of drug-likeness (QED) is 0.379. The molecule has 1 aliphatic carbocycles. The van der Waals surface area contributed by atoms with Gasteiger partial charge in [0, 0.05) is 5.33 Å². The summed E-state index contributed by atoms with van der Waals surface area (Å²) in [6, 6.07) is 6.65. The molecule has 144 valence electrons. The molecule has 0 aliphatic heterocycles. The Morgan fingerprint density at radius 2 is 1.58 bits per heavy atom. The van der Waals surface area contributed by atoms with Crippen LogP contribution in [0.5, 0.6) is 0 Å². The molecule has 1 aromatic rings. The number of carbonyl (C=O) groups excluding carboxylic acids is 2. The Morgan fingerprint density at radius 1 is 1.08 bits per heavy atom. The predicted octanol–water partition coefficient (Wildman–Crippen LogP) is 2.52. The Balaban J connectivity index is 2.32. The first-order chi connectivity index (χ1) is 12.2. The molecule has 6 nitrogen and oxygen atoms in total. The molecule has 0 radical (unpaired) electrons. The third-order valence-electron chi connectivity index (χ3n) is 5.05. The highest BCUT2D eigenvalue weighted by atomic mass is 79.9. The van der Waals surface area contributed by atoms with Crippen LogP contribution in [0.3, 0.4) is 0 Å². The summed E-state index contributed by atoms with van der Waals surface area (Å²) in [6.45, 7) is 1.88. The third-order valence-corrected chi connectivity index (χ3v) is 7.74. The van der Waals surface area contributed by atoms with E-state index in [1.807, 2.05) is 6.92 Å². The van der Waals surface area contributed by atoms with Crippen LogP contribution in [-0.4, -0.2) is 45.7 Å². The van der Waals surface area contributed by atoms with Crippen molar-refractivity contribution in [3.63, 3.8) is 0 Å². The minimum Gasteiger partial charge on any atom is -0.468 e. The van der Waals surface area contributed by atoms with Gasteiger partial charge in [-0.2, -0.15) is 0 Å². The van der Waals surface area contributed by atoms with Gasteiger partial charge in [0.1, 0.15) is 0 Å². The van der Waals surface area contributed by atoms with Crippen molar-refractivity contribution in [3.05, 3.63) is 29.8 Å². The van der Waals surface area contributed by atoms with Crippen molar-refractivity contribution in [1.82, 2.24) is 0 Å². The number of methoxy groups -OCH3 is 2. The molecular weight excluding hydrogens is 424 g/mol. The average Bonchev–Trinajstić information content (AvgIpc) is 2.99. The fourth-order valence-electron chi connectivity index (χ4n) is 3.62. The van der Waals surface area contributed by atoms with Gasteiger partial charge in [0.2, 0.25) is 0 Å². The topological polar surface area (TPSA) is 86.7 Å². The number of alkyl halides is 1. The lowest BCUT2D eigenvalue weighted by Crippen LogP contribution is -2.39. The van der Waals surface area contributed by atoms with Gasteiger partial charge in [0.05, 0.1) is 24.9 Å². The SMILES string of the molecule is COC(=O)C1(C(=O)OC)CC(CBr)C(CS(=O)(=O)c2ccc(C)cc2)C1. The number of rotatable bonds is 6. The minimum atomic E-state index is -3.54. The smallest absolute Gasteiger partial charge is 0.323 e. The highest BCUT2D eigenvalue weighted by Gasteiger charge is 2.57. The zero-order valence-electron chi connectivity index (χ0n) is 15.0. The molecule has 1 fully saturated rings. The van der Waals surface area contributed by atoms with E-state index in [-0.39, 0.29) is 35.3 Å². The fraction of sp³-hybridized carbons (Fsp3) is 0.556. The van der Waals surface area contributed by atoms with E-state index in [4.69, 9.17) is 9.47 Å². The van der Waals surface area contributed by atoms with Gasteiger partial charge in [-0.3, -0.25) is 9.59 Å². The molecule has 2 unspecified atom stereocenters. The molecule has 26 heavy (non-hydrogen) atoms. The zero-order chi connectivity index (χ0) is 19.5. The largest absolute Gasteiger partial charge is 0.468 e. The van der Waals surface area contributed by atoms with Crippen molar-refractivity contribution < 1.29 is 27.5 Å². The van der Waals surface area contributed by atoms with Crippen molar-refractivity contribution in [1.29, 1.82) is 0 Å². The number of benzene rings is 1. The second-order valence-electron chi connectivity index (χ2n) is 6.74. The average molecular weight is 447 g/mol. The summed E-state index contributed by atoms with van der Waals surface area (Å²) in [5.41, 5.74) is -0.478. The lowest BCUT2D eigenvalue weighted by Gasteiger charge is -2.23. The lowest BCUT2D eigenvalue weighted by molar-refractivity contribution is -0.169. The Kier molecular flexibility index (Phi) is 6.50. The molecule has 1 saturated carbocycles. The van der Waals surface area contributed by atoms with Crippen molar-refractivity contribution in [3.8, 4) is 0 Å². The summed E-state index contributed by atoms with van der Waals surface area (Å²) in [4.78, 5) is 24.9. The van der Waals surface area contributed by atoms with Crippen molar-refractivity contribution in [2.75, 3.05) is 25.3 Å². The monoisotopic (exact) mass is 446 g/mol. The van der Waals surface area contributed by atoms with Crippen LogP contribution in [0.2, 0.25) is 0 Å². The molecule has 0 bridgehead atoms. The van der Waals surface area contributed by atoms with Crippen LogP contribution in [0.25, 0.3) is 0 Å². The minimum absolute atomic E-state index is 0.0910. The molecule has 0 N–H and O–H groups in total. The van der Waals surface area contributed by atoms with Crippen molar-refractivity contribution >= 4 is 37.7 Å². The summed E-state index contributed by atoms with van der Waals surface area (Å²) < 4.78 is 35.3. The van der Waals surface area contributed by atoms with Crippen LogP contribution in [-0.2, 0) is 28.9 Å². The first-order valence-corrected chi connectivity index (χ1v) is 11.0. The summed E-state index contributed by atoms with van der Waals surface area (Å²) >= 11 is 3.38. The third kappa shape index (κ3) is 3.96. The van der Waals surface area contributed by atoms with E-state index < -0.39 is 27.2 Å². The highest BCUT2D eigenvalue weighted by Crippen LogP contribution is 2.48. The van der Waals surface area contributed by atoms with Gasteiger partial charge in [-0.15, -0.1) is 0 Å². The Bertz CT molecular complexity index is 755. The molecule has 0 spiro atoms. The number of esters is 2. The van der Waals surface area contributed by atoms with E-state index in [0.29, 0.717) is 5.33 Å². The van der Waals surface area contributed by atoms with Crippen molar-refractivity contribution in [2.45, 2.75) is 24.7 Å². The number of sulfone groups is 1. The van der Waals surface area contributed by atoms with Crippen molar-refractivity contribution in [2.24, 2.45) is 17.3 Å². The maximum absolute atomic E-state index is 12.8. The second-order valence-corrected chi connectivity index (χ2v) is 9.42. The molecule has 0 saturated heterocycles. The van der Waals surface area contributed by atoms with Gasteiger partial charge < -0.3 is 9.47 Å². The summed E-state index contributed by atoms with van der Waals surface area (Å²) in [7, 11) is -1.11. The van der Waals surface area contributed by atoms with E-state index in [0.717, 1.165) is 5.56 Å². The maximum Gasteiger partial charge on any atom is 0.323 e. The summed E-state index contributed by atoms with van der Waals surface area (Å²) in [6.07, 6.45) is 0.291. The lowest BCUT2D eigenvalue weighted by atomic mass is 9.85. The number of ether oxygens (including phenoxy) is 2.